The Morgan fingerprint density at radius 1 is 1.28 bits per heavy atom. The summed E-state index contributed by atoms with van der Waals surface area (Å²) >= 11 is 9.44. The lowest BCUT2D eigenvalue weighted by molar-refractivity contribution is 0.259. The number of rotatable bonds is 3. The summed E-state index contributed by atoms with van der Waals surface area (Å²) in [5.74, 6) is -0.692. The van der Waals surface area contributed by atoms with Crippen LogP contribution in [0.15, 0.2) is 61.5 Å². The summed E-state index contributed by atoms with van der Waals surface area (Å²) in [5, 5.41) is 13.2. The molecule has 148 valence electrons. The van der Waals surface area contributed by atoms with Crippen molar-refractivity contribution in [2.24, 2.45) is 4.99 Å². The van der Waals surface area contributed by atoms with Gasteiger partial charge in [-0.2, -0.15) is 0 Å². The molecule has 0 spiro atoms. The number of aromatic amines is 1. The van der Waals surface area contributed by atoms with Crippen molar-refractivity contribution in [3.8, 4) is 11.6 Å². The molecule has 3 aromatic rings. The first-order valence-corrected chi connectivity index (χ1v) is 9.39. The maximum absolute atomic E-state index is 12.2. The predicted molar refractivity (Wildman–Crippen MR) is 115 cm³/mol. The highest BCUT2D eigenvalue weighted by atomic mass is 79.9. The number of halogens is 2. The fourth-order valence-corrected chi connectivity index (χ4v) is 2.98. The van der Waals surface area contributed by atoms with E-state index in [1.165, 1.54) is 12.1 Å². The van der Waals surface area contributed by atoms with Crippen LogP contribution in [0.4, 0.5) is 10.5 Å². The van der Waals surface area contributed by atoms with Gasteiger partial charge in [-0.1, -0.05) is 39.7 Å². The number of hydrogen-bond acceptors (Lipinski definition) is 4. The standard InChI is InChI=1S/C19H14BrClN4O4/c1-10-8-11(6-7-13(10)20)23-18(28)22-9-12-16(26)24-19(29)25(17(12)27)15-5-3-2-4-14(15)21/h2-9,27H,1H3,(H,23,28)(H,24,26,29). The van der Waals surface area contributed by atoms with Crippen molar-refractivity contribution < 1.29 is 9.90 Å². The first kappa shape index (κ1) is 20.6. The summed E-state index contributed by atoms with van der Waals surface area (Å²) in [6, 6.07) is 10.7. The molecule has 8 nitrogen and oxygen atoms in total. The molecule has 2 amide bonds. The number of aryl methyl sites for hydroxylation is 1. The zero-order valence-electron chi connectivity index (χ0n) is 14.9. The minimum atomic E-state index is -0.896. The fourth-order valence-electron chi connectivity index (χ4n) is 2.51. The molecule has 1 aromatic heterocycles. The number of aromatic nitrogens is 2. The summed E-state index contributed by atoms with van der Waals surface area (Å²) in [5.41, 5.74) is -0.567. The van der Waals surface area contributed by atoms with E-state index in [4.69, 9.17) is 11.6 Å². The van der Waals surface area contributed by atoms with Crippen LogP contribution in [-0.4, -0.2) is 26.9 Å². The highest BCUT2D eigenvalue weighted by Gasteiger charge is 2.16. The van der Waals surface area contributed by atoms with Gasteiger partial charge in [0, 0.05) is 10.2 Å². The van der Waals surface area contributed by atoms with Crippen LogP contribution in [-0.2, 0) is 0 Å². The number of aliphatic imine (C=N–C) groups is 1. The van der Waals surface area contributed by atoms with Gasteiger partial charge in [-0.05, 0) is 42.8 Å². The zero-order chi connectivity index (χ0) is 21.1. The molecule has 1 heterocycles. The third-order valence-corrected chi connectivity index (χ3v) is 5.14. The van der Waals surface area contributed by atoms with Crippen LogP contribution in [0.3, 0.4) is 0 Å². The number of para-hydroxylation sites is 1. The number of amides is 2. The molecular weight excluding hydrogens is 464 g/mol. The quantitative estimate of drug-likeness (QED) is 0.500. The molecule has 0 aliphatic carbocycles. The summed E-state index contributed by atoms with van der Waals surface area (Å²) in [4.78, 5) is 42.0. The number of anilines is 1. The van der Waals surface area contributed by atoms with Crippen molar-refractivity contribution in [1.82, 2.24) is 9.55 Å². The minimum absolute atomic E-state index is 0.164. The molecule has 0 unspecified atom stereocenters. The van der Waals surface area contributed by atoms with E-state index in [0.29, 0.717) is 5.69 Å². The maximum Gasteiger partial charge on any atom is 0.345 e. The van der Waals surface area contributed by atoms with Gasteiger partial charge in [0.15, 0.2) is 0 Å². The van der Waals surface area contributed by atoms with Gasteiger partial charge >= 0.3 is 11.7 Å². The van der Waals surface area contributed by atoms with E-state index in [1.54, 1.807) is 30.3 Å². The molecule has 0 bridgehead atoms. The largest absolute Gasteiger partial charge is 0.493 e. The molecular formula is C19H14BrClN4O4. The van der Waals surface area contributed by atoms with Gasteiger partial charge in [0.25, 0.3) is 5.56 Å². The third kappa shape index (κ3) is 4.47. The predicted octanol–water partition coefficient (Wildman–Crippen LogP) is 3.61. The number of nitrogens with one attached hydrogen (secondary N) is 2. The van der Waals surface area contributed by atoms with E-state index in [1.807, 2.05) is 6.92 Å². The zero-order valence-corrected chi connectivity index (χ0v) is 17.3. The third-order valence-electron chi connectivity index (χ3n) is 3.93. The highest BCUT2D eigenvalue weighted by molar-refractivity contribution is 9.10. The van der Waals surface area contributed by atoms with Crippen molar-refractivity contribution in [2.45, 2.75) is 6.92 Å². The Balaban J connectivity index is 1.94. The summed E-state index contributed by atoms with van der Waals surface area (Å²) in [6.45, 7) is 1.86. The summed E-state index contributed by atoms with van der Waals surface area (Å²) in [7, 11) is 0. The average molecular weight is 478 g/mol. The molecule has 2 aromatic carbocycles. The van der Waals surface area contributed by atoms with Crippen molar-refractivity contribution in [2.75, 3.05) is 5.32 Å². The molecule has 0 fully saturated rings. The number of H-pyrrole nitrogens is 1. The Labute approximate surface area is 177 Å². The van der Waals surface area contributed by atoms with Gasteiger partial charge in [0.1, 0.15) is 5.56 Å². The van der Waals surface area contributed by atoms with Gasteiger partial charge in [0.2, 0.25) is 5.88 Å². The lowest BCUT2D eigenvalue weighted by atomic mass is 10.2. The highest BCUT2D eigenvalue weighted by Crippen LogP contribution is 2.23. The normalized spacial score (nSPS) is 11.0. The van der Waals surface area contributed by atoms with E-state index in [-0.39, 0.29) is 16.3 Å². The Kier molecular flexibility index (Phi) is 6.00. The SMILES string of the molecule is Cc1cc(NC(=O)N=Cc2c(O)n(-c3ccccc3Cl)c(=O)[nH]c2=O)ccc1Br. The number of carbonyl (C=O) groups is 1. The molecule has 29 heavy (non-hydrogen) atoms. The van der Waals surface area contributed by atoms with Crippen LogP contribution in [0.5, 0.6) is 5.88 Å². The van der Waals surface area contributed by atoms with Gasteiger partial charge in [-0.3, -0.25) is 9.78 Å². The van der Waals surface area contributed by atoms with Crippen LogP contribution >= 0.6 is 27.5 Å². The molecule has 0 atom stereocenters. The van der Waals surface area contributed by atoms with Crippen molar-refractivity contribution in [3.63, 3.8) is 0 Å². The van der Waals surface area contributed by atoms with Gasteiger partial charge in [-0.15, -0.1) is 0 Å². The number of benzene rings is 2. The molecule has 10 heteroatoms. The smallest absolute Gasteiger partial charge is 0.345 e. The number of carbonyl (C=O) groups excluding carboxylic acids is 1. The van der Waals surface area contributed by atoms with E-state index >= 15 is 0 Å². The Morgan fingerprint density at radius 2 is 2.00 bits per heavy atom. The number of hydrogen-bond donors (Lipinski definition) is 3. The summed E-state index contributed by atoms with van der Waals surface area (Å²) < 4.78 is 1.71. The van der Waals surface area contributed by atoms with Gasteiger partial charge in [-0.25, -0.2) is 19.1 Å². The Morgan fingerprint density at radius 3 is 2.69 bits per heavy atom. The number of aromatic hydroxyl groups is 1. The van der Waals surface area contributed by atoms with Gasteiger partial charge in [0.05, 0.1) is 16.9 Å². The lowest BCUT2D eigenvalue weighted by Gasteiger charge is -2.10. The molecule has 0 saturated heterocycles. The van der Waals surface area contributed by atoms with E-state index in [2.05, 4.69) is 31.2 Å². The molecule has 0 aliphatic heterocycles. The van der Waals surface area contributed by atoms with Crippen molar-refractivity contribution >= 4 is 45.5 Å². The van der Waals surface area contributed by atoms with E-state index in [0.717, 1.165) is 20.8 Å². The Bertz CT molecular complexity index is 1250. The summed E-state index contributed by atoms with van der Waals surface area (Å²) in [6.07, 6.45) is 0.877. The number of nitrogens with zero attached hydrogens (tertiary/aromatic N) is 2. The van der Waals surface area contributed by atoms with Crippen LogP contribution in [0, 0.1) is 6.92 Å². The second-order valence-electron chi connectivity index (χ2n) is 5.94. The lowest BCUT2D eigenvalue weighted by Crippen LogP contribution is -2.31. The fraction of sp³-hybridized carbons (Fsp3) is 0.0526. The molecule has 3 rings (SSSR count). The number of urea groups is 1. The Hall–Kier alpha value is -3.17. The topological polar surface area (TPSA) is 117 Å². The minimum Gasteiger partial charge on any atom is -0.493 e. The molecule has 0 aliphatic rings. The second-order valence-corrected chi connectivity index (χ2v) is 7.20. The van der Waals surface area contributed by atoms with E-state index in [9.17, 15) is 19.5 Å². The second kappa shape index (κ2) is 8.46. The average Bonchev–Trinajstić information content (AvgIpc) is 2.66. The molecule has 3 N–H and O–H groups in total. The first-order chi connectivity index (χ1) is 13.8. The molecule has 0 saturated carbocycles. The van der Waals surface area contributed by atoms with Crippen molar-refractivity contribution in [3.05, 3.63) is 83.9 Å². The van der Waals surface area contributed by atoms with Crippen molar-refractivity contribution in [1.29, 1.82) is 0 Å². The maximum atomic E-state index is 12.2. The van der Waals surface area contributed by atoms with Crippen LogP contribution in [0.1, 0.15) is 11.1 Å². The van der Waals surface area contributed by atoms with Crippen LogP contribution < -0.4 is 16.6 Å². The van der Waals surface area contributed by atoms with Crippen LogP contribution in [0.2, 0.25) is 5.02 Å². The van der Waals surface area contributed by atoms with E-state index < -0.39 is 23.2 Å². The first-order valence-electron chi connectivity index (χ1n) is 8.22. The van der Waals surface area contributed by atoms with Gasteiger partial charge < -0.3 is 10.4 Å². The monoisotopic (exact) mass is 476 g/mol. The molecule has 0 radical (unpaired) electrons. The van der Waals surface area contributed by atoms with Crippen LogP contribution in [0.25, 0.3) is 5.69 Å².